The van der Waals surface area contributed by atoms with Gasteiger partial charge in [0, 0.05) is 34.3 Å². The van der Waals surface area contributed by atoms with Crippen LogP contribution >= 0.6 is 11.3 Å². The van der Waals surface area contributed by atoms with E-state index in [2.05, 4.69) is 5.32 Å². The number of carbonyl (C=O) groups excluding carboxylic acids is 3. The van der Waals surface area contributed by atoms with Crippen molar-refractivity contribution in [1.82, 2.24) is 15.1 Å². The number of thiophene rings is 1. The van der Waals surface area contributed by atoms with E-state index in [1.807, 2.05) is 6.92 Å². The second-order valence-electron chi connectivity index (χ2n) is 10.9. The number of nitrogens with one attached hydrogen (secondary N) is 2. The molecule has 2 aromatic carbocycles. The Hall–Kier alpha value is -4.20. The van der Waals surface area contributed by atoms with Crippen molar-refractivity contribution < 1.29 is 32.6 Å². The number of fused-ring (bicyclic) bond motifs is 1. The summed E-state index contributed by atoms with van der Waals surface area (Å²) in [7, 11) is 0. The number of likely N-dealkylation sites (tertiary alicyclic amines) is 1. The van der Waals surface area contributed by atoms with Crippen molar-refractivity contribution in [2.75, 3.05) is 26.3 Å². The lowest BCUT2D eigenvalue weighted by Gasteiger charge is -2.27. The number of carbonyl (C=O) groups is 3. The fraction of sp³-hybridized carbons (Fsp3) is 0.333. The highest BCUT2D eigenvalue weighted by Crippen LogP contribution is 2.36. The summed E-state index contributed by atoms with van der Waals surface area (Å²) in [6, 6.07) is 9.06. The number of hydrogen-bond acceptors (Lipinski definition) is 7. The van der Waals surface area contributed by atoms with Gasteiger partial charge in [0.25, 0.3) is 5.91 Å². The summed E-state index contributed by atoms with van der Waals surface area (Å²) in [5.41, 5.74) is 8.29. The predicted octanol–water partition coefficient (Wildman–Crippen LogP) is 3.15. The zero-order valence-electron chi connectivity index (χ0n) is 23.2. The molecular weight excluding hydrogens is 580 g/mol. The minimum absolute atomic E-state index is 0.0427. The number of hydrogen-bond donors (Lipinski definition) is 3. The lowest BCUT2D eigenvalue weighted by atomic mass is 10.0. The Balaban J connectivity index is 1.17. The quantitative estimate of drug-likeness (QED) is 0.278. The second kappa shape index (κ2) is 11.1. The molecule has 13 heteroatoms. The number of nitrogens with two attached hydrogens (primary N) is 1. The number of rotatable bonds is 7. The van der Waals surface area contributed by atoms with Crippen LogP contribution in [0.5, 0.6) is 0 Å². The van der Waals surface area contributed by atoms with Crippen LogP contribution in [-0.2, 0) is 25.6 Å². The van der Waals surface area contributed by atoms with Crippen molar-refractivity contribution in [2.24, 2.45) is 5.73 Å². The van der Waals surface area contributed by atoms with Crippen molar-refractivity contribution >= 4 is 34.9 Å². The van der Waals surface area contributed by atoms with Gasteiger partial charge in [-0.3, -0.25) is 19.8 Å². The van der Waals surface area contributed by atoms with Crippen molar-refractivity contribution in [3.63, 3.8) is 0 Å². The van der Waals surface area contributed by atoms with Crippen LogP contribution in [0, 0.1) is 17.0 Å². The molecule has 3 amide bonds. The van der Waals surface area contributed by atoms with E-state index in [0.29, 0.717) is 41.0 Å². The Morgan fingerprint density at radius 2 is 1.86 bits per heavy atom. The van der Waals surface area contributed by atoms with E-state index in [9.17, 15) is 23.2 Å². The first kappa shape index (κ1) is 28.9. The standard InChI is InChI=1S/C30H29F2N5O5S/c1-16(25-10-20(14-43-25)27(33)34)35-28(39)24-11-30(41-6-7-42-30)15-37(24)26(38)13-36-12-19-8-17(2-4-21(19)29(36)40)18-3-5-22(31)23(32)9-18/h2-5,8-10,14,16,24H,6-7,11-13,15H2,1H3,(H3,33,34)(H,35,39)/t16?,24-/m0/s1. The van der Waals surface area contributed by atoms with Gasteiger partial charge in [-0.2, -0.15) is 0 Å². The van der Waals surface area contributed by atoms with Crippen LogP contribution in [0.25, 0.3) is 11.1 Å². The molecule has 3 aliphatic heterocycles. The van der Waals surface area contributed by atoms with Gasteiger partial charge in [-0.25, -0.2) is 8.78 Å². The molecule has 2 saturated heterocycles. The monoisotopic (exact) mass is 609 g/mol. The minimum Gasteiger partial charge on any atom is -0.384 e. The molecule has 4 N–H and O–H groups in total. The average Bonchev–Trinajstić information content (AvgIpc) is 3.78. The molecule has 2 atom stereocenters. The molecule has 0 bridgehead atoms. The topological polar surface area (TPSA) is 138 Å². The van der Waals surface area contributed by atoms with Crippen molar-refractivity contribution in [3.05, 3.63) is 81.0 Å². The number of amides is 3. The van der Waals surface area contributed by atoms with E-state index in [1.165, 1.54) is 27.2 Å². The normalized spacial score (nSPS) is 19.6. The van der Waals surface area contributed by atoms with E-state index in [4.69, 9.17) is 20.6 Å². The van der Waals surface area contributed by atoms with Gasteiger partial charge in [0.1, 0.15) is 18.4 Å². The molecular formula is C30H29F2N5O5S. The number of nitrogens with zero attached hydrogens (tertiary/aromatic N) is 2. The maximum absolute atomic E-state index is 13.8. The fourth-order valence-electron chi connectivity index (χ4n) is 5.76. The molecule has 6 rings (SSSR count). The van der Waals surface area contributed by atoms with Gasteiger partial charge in [0.05, 0.1) is 25.8 Å². The molecule has 4 heterocycles. The van der Waals surface area contributed by atoms with Crippen LogP contribution in [0.1, 0.15) is 45.7 Å². The van der Waals surface area contributed by atoms with E-state index >= 15 is 0 Å². The van der Waals surface area contributed by atoms with E-state index in [1.54, 1.807) is 29.6 Å². The Labute approximate surface area is 249 Å². The summed E-state index contributed by atoms with van der Waals surface area (Å²) in [4.78, 5) is 44.0. The third-order valence-corrected chi connectivity index (χ3v) is 9.12. The van der Waals surface area contributed by atoms with Crippen molar-refractivity contribution in [2.45, 2.75) is 37.8 Å². The van der Waals surface area contributed by atoms with Gasteiger partial charge >= 0.3 is 0 Å². The van der Waals surface area contributed by atoms with E-state index in [0.717, 1.165) is 17.0 Å². The minimum atomic E-state index is -1.09. The third kappa shape index (κ3) is 5.51. The summed E-state index contributed by atoms with van der Waals surface area (Å²) < 4.78 is 38.9. The molecule has 3 aliphatic rings. The molecule has 10 nitrogen and oxygen atoms in total. The first-order chi connectivity index (χ1) is 20.5. The summed E-state index contributed by atoms with van der Waals surface area (Å²) in [6.45, 7) is 2.42. The largest absolute Gasteiger partial charge is 0.384 e. The van der Waals surface area contributed by atoms with Crippen LogP contribution in [-0.4, -0.2) is 71.5 Å². The maximum atomic E-state index is 13.8. The molecule has 3 aromatic rings. The zero-order valence-corrected chi connectivity index (χ0v) is 24.0. The molecule has 1 aromatic heterocycles. The Morgan fingerprint density at radius 3 is 2.56 bits per heavy atom. The highest BCUT2D eigenvalue weighted by Gasteiger charge is 2.53. The highest BCUT2D eigenvalue weighted by atomic mass is 32.1. The highest BCUT2D eigenvalue weighted by molar-refractivity contribution is 7.10. The molecule has 0 radical (unpaired) electrons. The van der Waals surface area contributed by atoms with Crippen molar-refractivity contribution in [3.8, 4) is 11.1 Å². The molecule has 43 heavy (non-hydrogen) atoms. The number of halogens is 2. The van der Waals surface area contributed by atoms with Crippen LogP contribution in [0.4, 0.5) is 8.78 Å². The maximum Gasteiger partial charge on any atom is 0.254 e. The third-order valence-electron chi connectivity index (χ3n) is 8.01. The lowest BCUT2D eigenvalue weighted by Crippen LogP contribution is -2.49. The molecule has 1 spiro atoms. The van der Waals surface area contributed by atoms with Gasteiger partial charge in [-0.15, -0.1) is 11.3 Å². The van der Waals surface area contributed by atoms with Gasteiger partial charge in [-0.1, -0.05) is 12.1 Å². The molecule has 2 fully saturated rings. The average molecular weight is 610 g/mol. The van der Waals surface area contributed by atoms with Gasteiger partial charge in [0.2, 0.25) is 11.8 Å². The molecule has 0 saturated carbocycles. The predicted molar refractivity (Wildman–Crippen MR) is 153 cm³/mol. The summed E-state index contributed by atoms with van der Waals surface area (Å²) in [5, 5.41) is 12.3. The van der Waals surface area contributed by atoms with Gasteiger partial charge in [0.15, 0.2) is 17.4 Å². The van der Waals surface area contributed by atoms with E-state index < -0.39 is 35.4 Å². The Kier molecular flexibility index (Phi) is 7.48. The number of ether oxygens (including phenoxy) is 2. The summed E-state index contributed by atoms with van der Waals surface area (Å²) in [6.07, 6.45) is 0.145. The SMILES string of the molecule is CC(NC(=O)[C@@H]1CC2(CN1C(=O)CN1Cc3cc(-c4ccc(F)c(F)c4)ccc3C1=O)OCCO2)c1cc(C(=N)N)cs1. The van der Waals surface area contributed by atoms with Crippen LogP contribution < -0.4 is 11.1 Å². The number of benzene rings is 2. The Bertz CT molecular complexity index is 1640. The smallest absolute Gasteiger partial charge is 0.254 e. The summed E-state index contributed by atoms with van der Waals surface area (Å²) in [5.74, 6) is -4.23. The van der Waals surface area contributed by atoms with Gasteiger partial charge in [-0.05, 0) is 53.9 Å². The molecule has 224 valence electrons. The van der Waals surface area contributed by atoms with Crippen LogP contribution in [0.15, 0.2) is 47.8 Å². The molecule has 1 unspecified atom stereocenters. The van der Waals surface area contributed by atoms with Crippen LogP contribution in [0.2, 0.25) is 0 Å². The number of amidine groups is 1. The first-order valence-electron chi connectivity index (χ1n) is 13.7. The number of nitrogen functional groups attached to an aromatic ring is 1. The van der Waals surface area contributed by atoms with E-state index in [-0.39, 0.29) is 43.7 Å². The fourth-order valence-corrected chi connectivity index (χ4v) is 6.68. The second-order valence-corrected chi connectivity index (χ2v) is 11.8. The Morgan fingerprint density at radius 1 is 1.14 bits per heavy atom. The lowest BCUT2D eigenvalue weighted by molar-refractivity contribution is -0.152. The zero-order chi connectivity index (χ0) is 30.5. The van der Waals surface area contributed by atoms with Crippen molar-refractivity contribution in [1.29, 1.82) is 5.41 Å². The molecule has 0 aliphatic carbocycles. The van der Waals surface area contributed by atoms with Crippen LogP contribution in [0.3, 0.4) is 0 Å². The first-order valence-corrected chi connectivity index (χ1v) is 14.6. The van der Waals surface area contributed by atoms with Gasteiger partial charge < -0.3 is 30.3 Å². The summed E-state index contributed by atoms with van der Waals surface area (Å²) >= 11 is 1.37.